The molecule has 1 aromatic rings. The number of fused-ring (bicyclic) bond motifs is 1. The summed E-state index contributed by atoms with van der Waals surface area (Å²) in [4.78, 5) is 28.1. The molecule has 3 rings (SSSR count). The van der Waals surface area contributed by atoms with E-state index >= 15 is 0 Å². The van der Waals surface area contributed by atoms with Gasteiger partial charge in [0.15, 0.2) is 0 Å². The summed E-state index contributed by atoms with van der Waals surface area (Å²) in [6.45, 7) is 1.36. The number of benzene rings is 1. The van der Waals surface area contributed by atoms with E-state index in [4.69, 9.17) is 0 Å². The lowest BCUT2D eigenvalue weighted by molar-refractivity contribution is 0.0298. The molecule has 1 N–H and O–H groups in total. The van der Waals surface area contributed by atoms with Crippen molar-refractivity contribution in [3.63, 3.8) is 0 Å². The van der Waals surface area contributed by atoms with E-state index in [-0.39, 0.29) is 11.8 Å². The Bertz CT molecular complexity index is 523. The molecule has 0 bridgehead atoms. The third-order valence-electron chi connectivity index (χ3n) is 4.14. The van der Waals surface area contributed by atoms with Gasteiger partial charge in [-0.1, -0.05) is 12.1 Å². The van der Waals surface area contributed by atoms with Crippen molar-refractivity contribution in [2.75, 3.05) is 20.1 Å². The van der Waals surface area contributed by atoms with Crippen LogP contribution in [-0.2, 0) is 0 Å². The van der Waals surface area contributed by atoms with Gasteiger partial charge in [0, 0.05) is 6.54 Å². The molecule has 2 aliphatic heterocycles. The second-order valence-corrected chi connectivity index (χ2v) is 5.57. The van der Waals surface area contributed by atoms with Gasteiger partial charge in [0.25, 0.3) is 11.8 Å². The van der Waals surface area contributed by atoms with E-state index in [0.29, 0.717) is 24.1 Å². The van der Waals surface area contributed by atoms with Gasteiger partial charge in [-0.2, -0.15) is 0 Å². The summed E-state index contributed by atoms with van der Waals surface area (Å²) < 4.78 is 0. The van der Waals surface area contributed by atoms with Crippen LogP contribution in [0.3, 0.4) is 0 Å². The molecule has 2 amide bonds. The number of hydrogen-bond acceptors (Lipinski definition) is 4. The van der Waals surface area contributed by atoms with Crippen LogP contribution in [0.4, 0.5) is 0 Å². The van der Waals surface area contributed by atoms with Crippen LogP contribution in [0.25, 0.3) is 0 Å². The number of hydrogen-bond donors (Lipinski definition) is 1. The molecule has 2 heterocycles. The molecule has 1 aromatic carbocycles. The minimum absolute atomic E-state index is 0.279. The number of rotatable bonds is 1. The van der Waals surface area contributed by atoms with Gasteiger partial charge in [-0.15, -0.1) is 0 Å². The van der Waals surface area contributed by atoms with Crippen molar-refractivity contribution >= 4 is 11.8 Å². The lowest BCUT2D eigenvalue weighted by atomic mass is 10.1. The van der Waals surface area contributed by atoms with Crippen LogP contribution in [0.5, 0.6) is 0 Å². The van der Waals surface area contributed by atoms with Gasteiger partial charge in [0.2, 0.25) is 0 Å². The van der Waals surface area contributed by atoms with Gasteiger partial charge >= 0.3 is 0 Å². The highest BCUT2D eigenvalue weighted by molar-refractivity contribution is 6.21. The fourth-order valence-corrected chi connectivity index (χ4v) is 3.11. The third kappa shape index (κ3) is 2.03. The van der Waals surface area contributed by atoms with Crippen molar-refractivity contribution in [1.29, 1.82) is 0 Å². The van der Waals surface area contributed by atoms with Gasteiger partial charge in [-0.3, -0.25) is 14.5 Å². The average Bonchev–Trinajstić information content (AvgIpc) is 2.57. The molecular weight excluding hydrogens is 256 g/mol. The molecule has 0 aromatic heterocycles. The number of likely N-dealkylation sites (tertiary alicyclic amines) is 1. The Morgan fingerprint density at radius 1 is 1.15 bits per heavy atom. The predicted octanol–water partition coefficient (Wildman–Crippen LogP) is 0.738. The maximum atomic E-state index is 12.4. The SMILES string of the molecule is CN1CCC[C@H](N2C(=O)c3ccccc3C2=O)[C@@H](O)C1. The lowest BCUT2D eigenvalue weighted by Crippen LogP contribution is -2.48. The summed E-state index contributed by atoms with van der Waals surface area (Å²) in [5, 5.41) is 10.3. The molecular formula is C15H18N2O3. The first-order chi connectivity index (χ1) is 9.59. The number of aliphatic hydroxyl groups is 1. The Labute approximate surface area is 117 Å². The Hall–Kier alpha value is -1.72. The summed E-state index contributed by atoms with van der Waals surface area (Å²) in [6.07, 6.45) is 0.826. The summed E-state index contributed by atoms with van der Waals surface area (Å²) in [5.74, 6) is -0.557. The van der Waals surface area contributed by atoms with Crippen molar-refractivity contribution in [1.82, 2.24) is 9.80 Å². The van der Waals surface area contributed by atoms with Crippen molar-refractivity contribution in [3.05, 3.63) is 35.4 Å². The number of aliphatic hydroxyl groups excluding tert-OH is 1. The standard InChI is InChI=1S/C15H18N2O3/c1-16-8-4-7-12(13(18)9-16)17-14(19)10-5-2-3-6-11(10)15(17)20/h2-3,5-6,12-13,18H,4,7-9H2,1H3/t12-,13-/m0/s1. The highest BCUT2D eigenvalue weighted by Gasteiger charge is 2.42. The maximum absolute atomic E-state index is 12.4. The average molecular weight is 274 g/mol. The second-order valence-electron chi connectivity index (χ2n) is 5.57. The van der Waals surface area contributed by atoms with Crippen molar-refractivity contribution < 1.29 is 14.7 Å². The quantitative estimate of drug-likeness (QED) is 0.767. The molecule has 5 heteroatoms. The van der Waals surface area contributed by atoms with Crippen LogP contribution in [0, 0.1) is 0 Å². The fourth-order valence-electron chi connectivity index (χ4n) is 3.11. The lowest BCUT2D eigenvalue weighted by Gasteiger charge is -2.29. The first-order valence-electron chi connectivity index (χ1n) is 6.93. The molecule has 2 aliphatic rings. The highest BCUT2D eigenvalue weighted by Crippen LogP contribution is 2.28. The Kier molecular flexibility index (Phi) is 3.31. The van der Waals surface area contributed by atoms with E-state index in [1.54, 1.807) is 24.3 Å². The van der Waals surface area contributed by atoms with Gasteiger partial charge < -0.3 is 10.0 Å². The largest absolute Gasteiger partial charge is 0.390 e. The van der Waals surface area contributed by atoms with Gasteiger partial charge in [-0.05, 0) is 38.6 Å². The van der Waals surface area contributed by atoms with Gasteiger partial charge in [-0.25, -0.2) is 0 Å². The molecule has 0 saturated carbocycles. The predicted molar refractivity (Wildman–Crippen MR) is 73.5 cm³/mol. The number of nitrogens with zero attached hydrogens (tertiary/aromatic N) is 2. The van der Waals surface area contributed by atoms with E-state index in [1.165, 1.54) is 4.90 Å². The maximum Gasteiger partial charge on any atom is 0.261 e. The molecule has 20 heavy (non-hydrogen) atoms. The van der Waals surface area contributed by atoms with Crippen molar-refractivity contribution in [2.24, 2.45) is 0 Å². The molecule has 1 saturated heterocycles. The zero-order chi connectivity index (χ0) is 14.3. The zero-order valence-corrected chi connectivity index (χ0v) is 11.5. The number of carbonyl (C=O) groups is 2. The van der Waals surface area contributed by atoms with E-state index in [0.717, 1.165) is 13.0 Å². The van der Waals surface area contributed by atoms with Gasteiger partial charge in [0.05, 0.1) is 23.3 Å². The van der Waals surface area contributed by atoms with E-state index < -0.39 is 12.1 Å². The molecule has 1 fully saturated rings. The Balaban J connectivity index is 1.92. The summed E-state index contributed by atoms with van der Waals surface area (Å²) in [6, 6.07) is 6.43. The van der Waals surface area contributed by atoms with E-state index in [2.05, 4.69) is 0 Å². The fraction of sp³-hybridized carbons (Fsp3) is 0.467. The van der Waals surface area contributed by atoms with E-state index in [9.17, 15) is 14.7 Å². The minimum Gasteiger partial charge on any atom is -0.390 e. The minimum atomic E-state index is -0.690. The highest BCUT2D eigenvalue weighted by atomic mass is 16.3. The molecule has 5 nitrogen and oxygen atoms in total. The van der Waals surface area contributed by atoms with Crippen LogP contribution < -0.4 is 0 Å². The molecule has 0 radical (unpaired) electrons. The normalized spacial score (nSPS) is 27.6. The molecule has 0 aliphatic carbocycles. The van der Waals surface area contributed by atoms with Gasteiger partial charge in [0.1, 0.15) is 0 Å². The van der Waals surface area contributed by atoms with Crippen molar-refractivity contribution in [2.45, 2.75) is 25.0 Å². The van der Waals surface area contributed by atoms with Crippen molar-refractivity contribution in [3.8, 4) is 0 Å². The van der Waals surface area contributed by atoms with Crippen LogP contribution in [-0.4, -0.2) is 59.0 Å². The molecule has 2 atom stereocenters. The summed E-state index contributed by atoms with van der Waals surface area (Å²) in [7, 11) is 1.94. The Morgan fingerprint density at radius 2 is 1.75 bits per heavy atom. The first kappa shape index (κ1) is 13.3. The number of carbonyl (C=O) groups excluding carboxylic acids is 2. The first-order valence-corrected chi connectivity index (χ1v) is 6.93. The van der Waals surface area contributed by atoms with Crippen LogP contribution in [0.2, 0.25) is 0 Å². The summed E-state index contributed by atoms with van der Waals surface area (Å²) in [5.41, 5.74) is 0.893. The van der Waals surface area contributed by atoms with Crippen LogP contribution in [0.1, 0.15) is 33.6 Å². The zero-order valence-electron chi connectivity index (χ0n) is 11.5. The second kappa shape index (κ2) is 5.00. The number of amides is 2. The number of imide groups is 1. The number of β-amino-alcohol motifs (C(OH)–C–C–N with tert-alkyl or cyclic N) is 1. The topological polar surface area (TPSA) is 60.9 Å². The molecule has 106 valence electrons. The van der Waals surface area contributed by atoms with Crippen LogP contribution in [0.15, 0.2) is 24.3 Å². The molecule has 0 unspecified atom stereocenters. The monoisotopic (exact) mass is 274 g/mol. The van der Waals surface area contributed by atoms with E-state index in [1.807, 2.05) is 11.9 Å². The molecule has 0 spiro atoms. The Morgan fingerprint density at radius 3 is 2.35 bits per heavy atom. The smallest absolute Gasteiger partial charge is 0.261 e. The third-order valence-corrected chi connectivity index (χ3v) is 4.14. The van der Waals surface area contributed by atoms with Crippen LogP contribution >= 0.6 is 0 Å². The summed E-state index contributed by atoms with van der Waals surface area (Å²) >= 11 is 0. The number of likely N-dealkylation sites (N-methyl/N-ethyl adjacent to an activating group) is 1.